The molecule has 0 atom stereocenters. The van der Waals surface area contributed by atoms with Crippen LogP contribution in [0.4, 0.5) is 10.5 Å². The lowest BCUT2D eigenvalue weighted by molar-refractivity contribution is 0.147. The molecule has 2 aromatic rings. The molecule has 0 saturated carbocycles. The fourth-order valence-electron chi connectivity index (χ4n) is 2.23. The number of nitrogens with zero attached hydrogens (tertiary/aromatic N) is 2. The van der Waals surface area contributed by atoms with E-state index in [0.717, 1.165) is 23.2 Å². The van der Waals surface area contributed by atoms with Gasteiger partial charge in [0.2, 0.25) is 0 Å². The number of ether oxygens (including phenoxy) is 1. The molecular weight excluding hydrogens is 276 g/mol. The molecule has 0 N–H and O–H groups in total. The van der Waals surface area contributed by atoms with Crippen molar-refractivity contribution in [1.29, 1.82) is 0 Å². The van der Waals surface area contributed by atoms with Gasteiger partial charge in [-0.15, -0.1) is 0 Å². The van der Waals surface area contributed by atoms with Gasteiger partial charge in [0.15, 0.2) is 0 Å². The second-order valence-corrected chi connectivity index (χ2v) is 4.96. The molecule has 0 spiro atoms. The zero-order valence-corrected chi connectivity index (χ0v) is 11.5. The minimum atomic E-state index is -0.352. The Morgan fingerprint density at radius 3 is 2.95 bits per heavy atom. The lowest BCUT2D eigenvalue weighted by Gasteiger charge is -2.17. The van der Waals surface area contributed by atoms with Gasteiger partial charge in [0, 0.05) is 12.7 Å². The third-order valence-corrected chi connectivity index (χ3v) is 3.46. The third kappa shape index (κ3) is 2.60. The normalized spacial score (nSPS) is 13.2. The number of carbonyl (C=O) groups is 1. The van der Waals surface area contributed by atoms with Crippen LogP contribution < -0.4 is 4.90 Å². The molecule has 1 aromatic carbocycles. The summed E-state index contributed by atoms with van der Waals surface area (Å²) in [6, 6.07) is 11.3. The molecule has 1 aliphatic rings. The second kappa shape index (κ2) is 5.51. The number of amides is 1. The summed E-state index contributed by atoms with van der Waals surface area (Å²) in [5.74, 6) is 0. The van der Waals surface area contributed by atoms with E-state index in [0.29, 0.717) is 11.7 Å². The lowest BCUT2D eigenvalue weighted by atomic mass is 10.2. The summed E-state index contributed by atoms with van der Waals surface area (Å²) in [7, 11) is 0. The number of pyridine rings is 1. The highest BCUT2D eigenvalue weighted by Gasteiger charge is 2.26. The molecule has 102 valence electrons. The summed E-state index contributed by atoms with van der Waals surface area (Å²) < 4.78 is 5.33. The number of halogens is 1. The van der Waals surface area contributed by atoms with Crippen molar-refractivity contribution in [1.82, 2.24) is 4.98 Å². The van der Waals surface area contributed by atoms with Crippen LogP contribution in [0.1, 0.15) is 11.1 Å². The number of rotatable bonds is 2. The zero-order valence-electron chi connectivity index (χ0n) is 10.8. The van der Waals surface area contributed by atoms with E-state index in [2.05, 4.69) is 4.98 Å². The van der Waals surface area contributed by atoms with E-state index in [4.69, 9.17) is 16.3 Å². The number of hydrogen-bond donors (Lipinski definition) is 0. The van der Waals surface area contributed by atoms with Crippen molar-refractivity contribution in [3.05, 3.63) is 58.9 Å². The van der Waals surface area contributed by atoms with Crippen LogP contribution in [0.2, 0.25) is 5.15 Å². The van der Waals surface area contributed by atoms with Crippen molar-refractivity contribution in [2.45, 2.75) is 13.0 Å². The maximum atomic E-state index is 12.1. The number of carbonyl (C=O) groups excluding carboxylic acids is 1. The van der Waals surface area contributed by atoms with Crippen LogP contribution in [-0.4, -0.2) is 17.6 Å². The fraction of sp³-hybridized carbons (Fsp3) is 0.200. The van der Waals surface area contributed by atoms with Gasteiger partial charge in [0.25, 0.3) is 0 Å². The molecule has 4 nitrogen and oxygen atoms in total. The molecule has 0 radical (unpaired) electrons. The number of anilines is 1. The highest BCUT2D eigenvalue weighted by molar-refractivity contribution is 6.29. The molecule has 3 rings (SSSR count). The summed E-state index contributed by atoms with van der Waals surface area (Å²) in [6.07, 6.45) is 2.14. The molecule has 1 aliphatic heterocycles. The molecule has 0 saturated heterocycles. The van der Waals surface area contributed by atoms with Crippen LogP contribution in [-0.2, 0) is 17.8 Å². The monoisotopic (exact) mass is 288 g/mol. The van der Waals surface area contributed by atoms with Gasteiger partial charge in [0.1, 0.15) is 11.8 Å². The Kier molecular flexibility index (Phi) is 3.56. The van der Waals surface area contributed by atoms with E-state index >= 15 is 0 Å². The SMILES string of the molecule is O=C(OCc1ccccc1)N1CCc2cnc(Cl)cc21. The van der Waals surface area contributed by atoms with Gasteiger partial charge < -0.3 is 4.74 Å². The van der Waals surface area contributed by atoms with Gasteiger partial charge in [-0.2, -0.15) is 0 Å². The van der Waals surface area contributed by atoms with Crippen LogP contribution in [0.3, 0.4) is 0 Å². The largest absolute Gasteiger partial charge is 0.444 e. The van der Waals surface area contributed by atoms with Gasteiger partial charge in [-0.3, -0.25) is 4.90 Å². The zero-order chi connectivity index (χ0) is 13.9. The Labute approximate surface area is 122 Å². The highest BCUT2D eigenvalue weighted by Crippen LogP contribution is 2.29. The standard InChI is InChI=1S/C15H13ClN2O2/c16-14-8-13-12(9-17-14)6-7-18(13)15(19)20-10-11-4-2-1-3-5-11/h1-5,8-9H,6-7,10H2. The van der Waals surface area contributed by atoms with Crippen molar-refractivity contribution in [3.63, 3.8) is 0 Å². The topological polar surface area (TPSA) is 42.4 Å². The second-order valence-electron chi connectivity index (χ2n) is 4.58. The summed E-state index contributed by atoms with van der Waals surface area (Å²) in [5, 5.41) is 0.381. The quantitative estimate of drug-likeness (QED) is 0.795. The van der Waals surface area contributed by atoms with Crippen molar-refractivity contribution in [3.8, 4) is 0 Å². The van der Waals surface area contributed by atoms with Gasteiger partial charge in [0.05, 0.1) is 5.69 Å². The lowest BCUT2D eigenvalue weighted by Crippen LogP contribution is -2.29. The van der Waals surface area contributed by atoms with E-state index < -0.39 is 0 Å². The summed E-state index contributed by atoms with van der Waals surface area (Å²) >= 11 is 5.88. The van der Waals surface area contributed by atoms with Gasteiger partial charge in [-0.05, 0) is 23.6 Å². The molecule has 1 amide bonds. The van der Waals surface area contributed by atoms with Gasteiger partial charge in [-0.1, -0.05) is 41.9 Å². The number of aromatic nitrogens is 1. The first kappa shape index (κ1) is 12.9. The van der Waals surface area contributed by atoms with Crippen molar-refractivity contribution in [2.75, 3.05) is 11.4 Å². The first-order valence-corrected chi connectivity index (χ1v) is 6.74. The van der Waals surface area contributed by atoms with E-state index in [1.807, 2.05) is 30.3 Å². The summed E-state index contributed by atoms with van der Waals surface area (Å²) in [6.45, 7) is 0.870. The molecule has 1 aromatic heterocycles. The fourth-order valence-corrected chi connectivity index (χ4v) is 2.38. The first-order valence-electron chi connectivity index (χ1n) is 6.36. The molecule has 0 unspecified atom stereocenters. The molecule has 0 fully saturated rings. The average Bonchev–Trinajstić information content (AvgIpc) is 2.89. The van der Waals surface area contributed by atoms with Crippen LogP contribution in [0.25, 0.3) is 0 Å². The number of hydrogen-bond acceptors (Lipinski definition) is 3. The van der Waals surface area contributed by atoms with E-state index in [1.54, 1.807) is 17.2 Å². The van der Waals surface area contributed by atoms with E-state index in [1.165, 1.54) is 0 Å². The first-order chi connectivity index (χ1) is 9.74. The predicted octanol–water partition coefficient (Wildman–Crippen LogP) is 3.43. The minimum Gasteiger partial charge on any atom is -0.444 e. The highest BCUT2D eigenvalue weighted by atomic mass is 35.5. The Morgan fingerprint density at radius 2 is 2.15 bits per heavy atom. The Morgan fingerprint density at radius 1 is 1.35 bits per heavy atom. The minimum absolute atomic E-state index is 0.268. The van der Waals surface area contributed by atoms with Crippen LogP contribution >= 0.6 is 11.6 Å². The summed E-state index contributed by atoms with van der Waals surface area (Å²) in [4.78, 5) is 17.8. The molecule has 2 heterocycles. The maximum absolute atomic E-state index is 12.1. The van der Waals surface area contributed by atoms with Gasteiger partial charge in [-0.25, -0.2) is 9.78 Å². The molecular formula is C15H13ClN2O2. The van der Waals surface area contributed by atoms with E-state index in [-0.39, 0.29) is 12.7 Å². The van der Waals surface area contributed by atoms with E-state index in [9.17, 15) is 4.79 Å². The predicted molar refractivity (Wildman–Crippen MR) is 76.9 cm³/mol. The van der Waals surface area contributed by atoms with Crippen LogP contribution in [0.5, 0.6) is 0 Å². The number of fused-ring (bicyclic) bond motifs is 1. The average molecular weight is 289 g/mol. The molecule has 0 aliphatic carbocycles. The summed E-state index contributed by atoms with van der Waals surface area (Å²) in [5.41, 5.74) is 2.78. The smallest absolute Gasteiger partial charge is 0.414 e. The molecule has 20 heavy (non-hydrogen) atoms. The van der Waals surface area contributed by atoms with Gasteiger partial charge >= 0.3 is 6.09 Å². The van der Waals surface area contributed by atoms with Crippen molar-refractivity contribution in [2.24, 2.45) is 0 Å². The molecule has 5 heteroatoms. The molecule has 0 bridgehead atoms. The number of benzene rings is 1. The Hall–Kier alpha value is -2.07. The van der Waals surface area contributed by atoms with Crippen LogP contribution in [0, 0.1) is 0 Å². The maximum Gasteiger partial charge on any atom is 0.414 e. The Bertz CT molecular complexity index is 631. The van der Waals surface area contributed by atoms with Crippen molar-refractivity contribution < 1.29 is 9.53 Å². The van der Waals surface area contributed by atoms with Crippen molar-refractivity contribution >= 4 is 23.4 Å². The van der Waals surface area contributed by atoms with Crippen LogP contribution in [0.15, 0.2) is 42.6 Å². The Balaban J connectivity index is 1.69. The third-order valence-electron chi connectivity index (χ3n) is 3.25.